The Kier molecular flexibility index (Phi) is 7.45. The standard InChI is InChI=1S/C18H18ClF4NO5/c19-13-6-5-9(7-12(13)15(26)27)24-14(25)10-3-1-2-4-11(10)16(28)29-8-18(22,23)17(20)21/h5-7,10-11,17H,1-4,8H2,(H,24,25)(H,26,27)/t10-,11-/m0/s1. The molecule has 160 valence electrons. The summed E-state index contributed by atoms with van der Waals surface area (Å²) in [5.41, 5.74) is -0.114. The number of carbonyl (C=O) groups excluding carboxylic acids is 2. The molecule has 0 aromatic heterocycles. The fourth-order valence-electron chi connectivity index (χ4n) is 3.07. The number of anilines is 1. The van der Waals surface area contributed by atoms with E-state index in [0.717, 1.165) is 6.07 Å². The second-order valence-corrected chi connectivity index (χ2v) is 7.06. The number of carboxylic acid groups (broad SMARTS) is 1. The molecule has 1 fully saturated rings. The molecule has 1 aromatic rings. The summed E-state index contributed by atoms with van der Waals surface area (Å²) in [7, 11) is 0. The molecule has 0 radical (unpaired) electrons. The van der Waals surface area contributed by atoms with Crippen LogP contribution in [0.15, 0.2) is 18.2 Å². The Morgan fingerprint density at radius 2 is 1.83 bits per heavy atom. The van der Waals surface area contributed by atoms with Crippen LogP contribution < -0.4 is 5.32 Å². The third-order valence-electron chi connectivity index (χ3n) is 4.60. The fourth-order valence-corrected chi connectivity index (χ4v) is 3.26. The smallest absolute Gasteiger partial charge is 0.340 e. The van der Waals surface area contributed by atoms with E-state index in [1.807, 2.05) is 0 Å². The van der Waals surface area contributed by atoms with Gasteiger partial charge >= 0.3 is 24.3 Å². The van der Waals surface area contributed by atoms with E-state index in [9.17, 15) is 31.9 Å². The van der Waals surface area contributed by atoms with Crippen molar-refractivity contribution in [3.63, 3.8) is 0 Å². The monoisotopic (exact) mass is 439 g/mol. The first kappa shape index (κ1) is 22.9. The molecule has 1 aliphatic rings. The normalized spacial score (nSPS) is 19.7. The minimum atomic E-state index is -4.47. The van der Waals surface area contributed by atoms with Gasteiger partial charge in [-0.15, -0.1) is 0 Å². The van der Waals surface area contributed by atoms with Gasteiger partial charge in [0.05, 0.1) is 22.4 Å². The summed E-state index contributed by atoms with van der Waals surface area (Å²) in [5.74, 6) is -9.55. The van der Waals surface area contributed by atoms with Crippen LogP contribution in [0.3, 0.4) is 0 Å². The third-order valence-corrected chi connectivity index (χ3v) is 4.93. The molecule has 0 bridgehead atoms. The number of aromatic carboxylic acids is 1. The van der Waals surface area contributed by atoms with Crippen LogP contribution in [0.2, 0.25) is 5.02 Å². The summed E-state index contributed by atoms with van der Waals surface area (Å²) in [4.78, 5) is 35.9. The van der Waals surface area contributed by atoms with Crippen LogP contribution in [0.4, 0.5) is 23.2 Å². The van der Waals surface area contributed by atoms with Crippen molar-refractivity contribution in [2.24, 2.45) is 11.8 Å². The average Bonchev–Trinajstić information content (AvgIpc) is 2.67. The van der Waals surface area contributed by atoms with Crippen LogP contribution in [0.25, 0.3) is 0 Å². The molecule has 2 rings (SSSR count). The van der Waals surface area contributed by atoms with Crippen molar-refractivity contribution in [1.29, 1.82) is 0 Å². The van der Waals surface area contributed by atoms with Crippen molar-refractivity contribution in [1.82, 2.24) is 0 Å². The van der Waals surface area contributed by atoms with E-state index in [0.29, 0.717) is 12.8 Å². The zero-order valence-corrected chi connectivity index (χ0v) is 15.7. The molecule has 0 heterocycles. The molecular weight excluding hydrogens is 422 g/mol. The lowest BCUT2D eigenvalue weighted by molar-refractivity contribution is -0.184. The van der Waals surface area contributed by atoms with Gasteiger partial charge in [-0.3, -0.25) is 9.59 Å². The van der Waals surface area contributed by atoms with E-state index in [4.69, 9.17) is 16.7 Å². The minimum absolute atomic E-state index is 0.0328. The number of ether oxygens (including phenoxy) is 1. The molecule has 11 heteroatoms. The number of halogens is 5. The maximum Gasteiger partial charge on any atom is 0.340 e. The average molecular weight is 440 g/mol. The van der Waals surface area contributed by atoms with Gasteiger partial charge in [0.25, 0.3) is 0 Å². The molecular formula is C18H18ClF4NO5. The van der Waals surface area contributed by atoms with Crippen molar-refractivity contribution < 1.29 is 41.8 Å². The summed E-state index contributed by atoms with van der Waals surface area (Å²) in [6, 6.07) is 3.79. The van der Waals surface area contributed by atoms with Crippen LogP contribution in [0.1, 0.15) is 36.0 Å². The summed E-state index contributed by atoms with van der Waals surface area (Å²) in [5, 5.41) is 11.5. The Bertz CT molecular complexity index is 790. The Labute approximate surface area is 168 Å². The summed E-state index contributed by atoms with van der Waals surface area (Å²) in [6.45, 7) is -1.77. The maximum absolute atomic E-state index is 13.0. The molecule has 1 saturated carbocycles. The molecule has 0 unspecified atom stereocenters. The minimum Gasteiger partial charge on any atom is -0.478 e. The van der Waals surface area contributed by atoms with Gasteiger partial charge in [-0.1, -0.05) is 24.4 Å². The maximum atomic E-state index is 13.0. The van der Waals surface area contributed by atoms with Crippen LogP contribution in [0.5, 0.6) is 0 Å². The van der Waals surface area contributed by atoms with Crippen LogP contribution >= 0.6 is 11.6 Å². The van der Waals surface area contributed by atoms with Gasteiger partial charge in [-0.05, 0) is 31.0 Å². The number of rotatable bonds is 7. The van der Waals surface area contributed by atoms with Crippen molar-refractivity contribution in [2.45, 2.75) is 38.0 Å². The Morgan fingerprint density at radius 3 is 2.41 bits per heavy atom. The molecule has 0 spiro atoms. The summed E-state index contributed by atoms with van der Waals surface area (Å²) in [6.07, 6.45) is -2.40. The van der Waals surface area contributed by atoms with Gasteiger partial charge in [-0.25, -0.2) is 13.6 Å². The van der Waals surface area contributed by atoms with E-state index in [1.54, 1.807) is 0 Å². The number of alkyl halides is 4. The number of esters is 1. The first-order chi connectivity index (χ1) is 13.5. The van der Waals surface area contributed by atoms with Crippen molar-refractivity contribution in [3.05, 3.63) is 28.8 Å². The molecule has 0 saturated heterocycles. The molecule has 1 amide bonds. The van der Waals surface area contributed by atoms with E-state index < -0.39 is 48.6 Å². The first-order valence-corrected chi connectivity index (χ1v) is 9.07. The number of amides is 1. The number of benzene rings is 1. The highest BCUT2D eigenvalue weighted by Gasteiger charge is 2.44. The van der Waals surface area contributed by atoms with Crippen molar-refractivity contribution >= 4 is 35.1 Å². The molecule has 29 heavy (non-hydrogen) atoms. The van der Waals surface area contributed by atoms with Crippen molar-refractivity contribution in [3.8, 4) is 0 Å². The lowest BCUT2D eigenvalue weighted by atomic mass is 9.78. The van der Waals surface area contributed by atoms with E-state index in [2.05, 4.69) is 10.1 Å². The number of hydrogen-bond donors (Lipinski definition) is 2. The van der Waals surface area contributed by atoms with Gasteiger partial charge in [0.1, 0.15) is 0 Å². The SMILES string of the molecule is O=C(O)c1cc(NC(=O)[C@H]2CCCC[C@@H]2C(=O)OCC(F)(F)C(F)F)ccc1Cl. The number of carbonyl (C=O) groups is 3. The van der Waals surface area contributed by atoms with Crippen molar-refractivity contribution in [2.75, 3.05) is 11.9 Å². The number of carboxylic acids is 1. The Balaban J connectivity index is 2.08. The van der Waals surface area contributed by atoms with Gasteiger partial charge in [0, 0.05) is 5.69 Å². The zero-order chi connectivity index (χ0) is 21.8. The summed E-state index contributed by atoms with van der Waals surface area (Å²) < 4.78 is 54.8. The number of nitrogens with one attached hydrogen (secondary N) is 1. The lowest BCUT2D eigenvalue weighted by Gasteiger charge is -2.29. The summed E-state index contributed by atoms with van der Waals surface area (Å²) >= 11 is 5.77. The van der Waals surface area contributed by atoms with Gasteiger partial charge in [0.15, 0.2) is 6.61 Å². The molecule has 2 N–H and O–H groups in total. The van der Waals surface area contributed by atoms with E-state index >= 15 is 0 Å². The second kappa shape index (κ2) is 9.43. The predicted octanol–water partition coefficient (Wildman–Crippen LogP) is 4.23. The van der Waals surface area contributed by atoms with E-state index in [-0.39, 0.29) is 29.1 Å². The van der Waals surface area contributed by atoms with Gasteiger partial charge in [0.2, 0.25) is 5.91 Å². The highest BCUT2D eigenvalue weighted by Crippen LogP contribution is 2.33. The first-order valence-electron chi connectivity index (χ1n) is 8.69. The largest absolute Gasteiger partial charge is 0.478 e. The molecule has 6 nitrogen and oxygen atoms in total. The highest BCUT2D eigenvalue weighted by atomic mass is 35.5. The van der Waals surface area contributed by atoms with Gasteiger partial charge < -0.3 is 15.2 Å². The molecule has 1 aliphatic carbocycles. The lowest BCUT2D eigenvalue weighted by Crippen LogP contribution is -2.40. The topological polar surface area (TPSA) is 92.7 Å². The predicted molar refractivity (Wildman–Crippen MR) is 94.4 cm³/mol. The molecule has 1 aromatic carbocycles. The molecule has 2 atom stereocenters. The molecule has 0 aliphatic heterocycles. The third kappa shape index (κ3) is 5.81. The highest BCUT2D eigenvalue weighted by molar-refractivity contribution is 6.33. The fraction of sp³-hybridized carbons (Fsp3) is 0.500. The van der Waals surface area contributed by atoms with Crippen LogP contribution in [-0.2, 0) is 14.3 Å². The van der Waals surface area contributed by atoms with E-state index in [1.165, 1.54) is 12.1 Å². The van der Waals surface area contributed by atoms with Crippen LogP contribution in [0, 0.1) is 11.8 Å². The quantitative estimate of drug-likeness (QED) is 0.490. The second-order valence-electron chi connectivity index (χ2n) is 6.66. The Hall–Kier alpha value is -2.36. The zero-order valence-electron chi connectivity index (χ0n) is 15.0. The van der Waals surface area contributed by atoms with Crippen LogP contribution in [-0.4, -0.2) is 41.9 Å². The van der Waals surface area contributed by atoms with Gasteiger partial charge in [-0.2, -0.15) is 8.78 Å². The number of hydrogen-bond acceptors (Lipinski definition) is 4. The Morgan fingerprint density at radius 1 is 1.21 bits per heavy atom.